The second-order valence-electron chi connectivity index (χ2n) is 5.06. The number of alkyl halides is 3. The van der Waals surface area contributed by atoms with Crippen LogP contribution < -0.4 is 9.50 Å². The van der Waals surface area contributed by atoms with Crippen LogP contribution in [0.25, 0.3) is 0 Å². The number of carbonyl (C=O) groups is 1. The van der Waals surface area contributed by atoms with E-state index in [-0.39, 0.29) is 12.1 Å². The van der Waals surface area contributed by atoms with Crippen LogP contribution in [0.15, 0.2) is 66.1 Å². The molecule has 0 aliphatic heterocycles. The first-order valence-electron chi connectivity index (χ1n) is 7.25. The SMILES string of the molecule is C=CCNC(=O)c1cccc(S(=O)(=O)Oc2ccccc2C(F)(F)F)c1. The Labute approximate surface area is 148 Å². The molecule has 5 nitrogen and oxygen atoms in total. The molecule has 0 atom stereocenters. The zero-order valence-electron chi connectivity index (χ0n) is 13.3. The third kappa shape index (κ3) is 4.63. The Morgan fingerprint density at radius 3 is 2.50 bits per heavy atom. The summed E-state index contributed by atoms with van der Waals surface area (Å²) in [5, 5.41) is 2.46. The molecule has 138 valence electrons. The van der Waals surface area contributed by atoms with E-state index >= 15 is 0 Å². The molecule has 0 fully saturated rings. The summed E-state index contributed by atoms with van der Waals surface area (Å²) in [5.74, 6) is -1.40. The smallest absolute Gasteiger partial charge is 0.378 e. The van der Waals surface area contributed by atoms with E-state index in [4.69, 9.17) is 0 Å². The van der Waals surface area contributed by atoms with E-state index in [9.17, 15) is 26.4 Å². The van der Waals surface area contributed by atoms with Crippen molar-refractivity contribution in [1.82, 2.24) is 5.32 Å². The number of hydrogen-bond acceptors (Lipinski definition) is 4. The van der Waals surface area contributed by atoms with Crippen LogP contribution in [0, 0.1) is 0 Å². The second kappa shape index (κ2) is 7.61. The normalized spacial score (nSPS) is 11.7. The van der Waals surface area contributed by atoms with Crippen LogP contribution in [0.3, 0.4) is 0 Å². The minimum atomic E-state index is -4.78. The lowest BCUT2D eigenvalue weighted by atomic mass is 10.2. The van der Waals surface area contributed by atoms with Gasteiger partial charge in [0.15, 0.2) is 5.75 Å². The summed E-state index contributed by atoms with van der Waals surface area (Å²) in [4.78, 5) is 11.4. The number of benzene rings is 2. The highest BCUT2D eigenvalue weighted by atomic mass is 32.2. The minimum Gasteiger partial charge on any atom is -0.378 e. The molecule has 2 rings (SSSR count). The number of nitrogens with one attached hydrogen (secondary N) is 1. The molecule has 0 aromatic heterocycles. The Balaban J connectivity index is 2.35. The van der Waals surface area contributed by atoms with Gasteiger partial charge in [0.2, 0.25) is 0 Å². The third-order valence-electron chi connectivity index (χ3n) is 3.18. The van der Waals surface area contributed by atoms with Crippen molar-refractivity contribution in [3.63, 3.8) is 0 Å². The highest BCUT2D eigenvalue weighted by Crippen LogP contribution is 2.37. The fourth-order valence-corrected chi connectivity index (χ4v) is 2.99. The Morgan fingerprint density at radius 1 is 1.15 bits per heavy atom. The number of hydrogen-bond donors (Lipinski definition) is 1. The van der Waals surface area contributed by atoms with Gasteiger partial charge in [-0.2, -0.15) is 21.6 Å². The summed E-state index contributed by atoms with van der Waals surface area (Å²) in [7, 11) is -4.57. The van der Waals surface area contributed by atoms with Gasteiger partial charge in [-0.25, -0.2) is 0 Å². The number of halogens is 3. The van der Waals surface area contributed by atoms with Gasteiger partial charge in [0.05, 0.1) is 5.56 Å². The lowest BCUT2D eigenvalue weighted by Crippen LogP contribution is -2.23. The van der Waals surface area contributed by atoms with E-state index in [2.05, 4.69) is 16.1 Å². The molecule has 9 heteroatoms. The molecule has 2 aromatic rings. The van der Waals surface area contributed by atoms with E-state index in [0.717, 1.165) is 24.3 Å². The lowest BCUT2D eigenvalue weighted by Gasteiger charge is -2.13. The van der Waals surface area contributed by atoms with Crippen LogP contribution in [-0.2, 0) is 16.3 Å². The average molecular weight is 385 g/mol. The van der Waals surface area contributed by atoms with Crippen molar-refractivity contribution in [1.29, 1.82) is 0 Å². The number of rotatable bonds is 6. The van der Waals surface area contributed by atoms with Gasteiger partial charge in [-0.15, -0.1) is 6.58 Å². The van der Waals surface area contributed by atoms with Gasteiger partial charge in [-0.3, -0.25) is 4.79 Å². The predicted molar refractivity (Wildman–Crippen MR) is 88.2 cm³/mol. The van der Waals surface area contributed by atoms with Gasteiger partial charge in [-0.1, -0.05) is 24.3 Å². The lowest BCUT2D eigenvalue weighted by molar-refractivity contribution is -0.138. The maximum atomic E-state index is 13.0. The van der Waals surface area contributed by atoms with Crippen LogP contribution in [0.2, 0.25) is 0 Å². The molecule has 1 amide bonds. The molecule has 26 heavy (non-hydrogen) atoms. The molecule has 0 bridgehead atoms. The van der Waals surface area contributed by atoms with Gasteiger partial charge < -0.3 is 9.50 Å². The maximum absolute atomic E-state index is 13.0. The van der Waals surface area contributed by atoms with Gasteiger partial charge in [-0.05, 0) is 30.3 Å². The fourth-order valence-electron chi connectivity index (χ4n) is 2.00. The number of amides is 1. The summed E-state index contributed by atoms with van der Waals surface area (Å²) in [6, 6.07) is 8.74. The van der Waals surface area contributed by atoms with Crippen molar-refractivity contribution in [3.05, 3.63) is 72.3 Å². The second-order valence-corrected chi connectivity index (χ2v) is 6.60. The van der Waals surface area contributed by atoms with Crippen molar-refractivity contribution in [3.8, 4) is 5.75 Å². The Kier molecular flexibility index (Phi) is 5.71. The van der Waals surface area contributed by atoms with Crippen LogP contribution >= 0.6 is 0 Å². The molecule has 0 spiro atoms. The van der Waals surface area contributed by atoms with Gasteiger partial charge in [0.25, 0.3) is 5.91 Å². The van der Waals surface area contributed by atoms with E-state index in [1.54, 1.807) is 0 Å². The highest BCUT2D eigenvalue weighted by molar-refractivity contribution is 7.87. The van der Waals surface area contributed by atoms with Crippen LogP contribution in [-0.4, -0.2) is 20.9 Å². The Bertz CT molecular complexity index is 924. The minimum absolute atomic E-state index is 0.0145. The summed E-state index contributed by atoms with van der Waals surface area (Å²) >= 11 is 0. The van der Waals surface area contributed by atoms with E-state index < -0.39 is 38.4 Å². The van der Waals surface area contributed by atoms with Crippen molar-refractivity contribution in [2.75, 3.05) is 6.54 Å². The first kappa shape index (κ1) is 19.5. The molecule has 1 N–H and O–H groups in total. The molecule has 0 saturated carbocycles. The molecule has 2 aromatic carbocycles. The van der Waals surface area contributed by atoms with Crippen LogP contribution in [0.4, 0.5) is 13.2 Å². The monoisotopic (exact) mass is 385 g/mol. The first-order chi connectivity index (χ1) is 12.1. The molecule has 0 heterocycles. The van der Waals surface area contributed by atoms with E-state index in [0.29, 0.717) is 6.07 Å². The average Bonchev–Trinajstić information content (AvgIpc) is 2.59. The van der Waals surface area contributed by atoms with Gasteiger partial charge >= 0.3 is 16.3 Å². The molecule has 0 saturated heterocycles. The molecule has 0 aliphatic carbocycles. The highest BCUT2D eigenvalue weighted by Gasteiger charge is 2.35. The van der Waals surface area contributed by atoms with Crippen molar-refractivity contribution < 1.29 is 30.6 Å². The molecule has 0 radical (unpaired) electrons. The zero-order chi connectivity index (χ0) is 19.4. The van der Waals surface area contributed by atoms with Crippen molar-refractivity contribution in [2.45, 2.75) is 11.1 Å². The standard InChI is InChI=1S/C17H14F3NO4S/c1-2-10-21-16(22)12-6-5-7-13(11-12)26(23,24)25-15-9-4-3-8-14(15)17(18,19)20/h2-9,11H,1,10H2,(H,21,22). The quantitative estimate of drug-likeness (QED) is 0.611. The topological polar surface area (TPSA) is 72.5 Å². The molecular formula is C17H14F3NO4S. The summed E-state index contributed by atoms with van der Waals surface area (Å²) in [6.07, 6.45) is -3.34. The third-order valence-corrected chi connectivity index (χ3v) is 4.41. The van der Waals surface area contributed by atoms with Crippen LogP contribution in [0.5, 0.6) is 5.75 Å². The Hall–Kier alpha value is -2.81. The Morgan fingerprint density at radius 2 is 1.85 bits per heavy atom. The molecular weight excluding hydrogens is 371 g/mol. The maximum Gasteiger partial charge on any atom is 0.420 e. The predicted octanol–water partition coefficient (Wildman–Crippen LogP) is 3.39. The van der Waals surface area contributed by atoms with Gasteiger partial charge in [0, 0.05) is 12.1 Å². The van der Waals surface area contributed by atoms with E-state index in [1.165, 1.54) is 24.3 Å². The summed E-state index contributed by atoms with van der Waals surface area (Å²) < 4.78 is 68.3. The largest absolute Gasteiger partial charge is 0.420 e. The van der Waals surface area contributed by atoms with E-state index in [1.807, 2.05) is 0 Å². The number of carbonyl (C=O) groups excluding carboxylic acids is 1. The van der Waals surface area contributed by atoms with Gasteiger partial charge in [0.1, 0.15) is 4.90 Å². The fraction of sp³-hybridized carbons (Fsp3) is 0.118. The van der Waals surface area contributed by atoms with Crippen molar-refractivity contribution >= 4 is 16.0 Å². The van der Waals surface area contributed by atoms with Crippen LogP contribution in [0.1, 0.15) is 15.9 Å². The molecule has 0 aliphatic rings. The zero-order valence-corrected chi connectivity index (χ0v) is 14.1. The summed E-state index contributed by atoms with van der Waals surface area (Å²) in [6.45, 7) is 3.61. The number of para-hydroxylation sites is 1. The first-order valence-corrected chi connectivity index (χ1v) is 8.66. The molecule has 0 unspecified atom stereocenters. The van der Waals surface area contributed by atoms with Crippen molar-refractivity contribution in [2.24, 2.45) is 0 Å². The summed E-state index contributed by atoms with van der Waals surface area (Å²) in [5.41, 5.74) is -1.20.